The van der Waals surface area contributed by atoms with E-state index < -0.39 is 4.92 Å². The normalized spacial score (nSPS) is 10.7. The molecule has 2 rings (SSSR count). The van der Waals surface area contributed by atoms with Crippen molar-refractivity contribution >= 4 is 22.7 Å². The summed E-state index contributed by atoms with van der Waals surface area (Å²) in [5, 5.41) is 18.6. The van der Waals surface area contributed by atoms with Gasteiger partial charge in [0.2, 0.25) is 0 Å². The molecule has 6 nitrogen and oxygen atoms in total. The van der Waals surface area contributed by atoms with E-state index in [0.29, 0.717) is 11.4 Å². The topological polar surface area (TPSA) is 93.9 Å². The molecule has 0 atom stereocenters. The van der Waals surface area contributed by atoms with Gasteiger partial charge in [0.15, 0.2) is 5.69 Å². The molecule has 0 radical (unpaired) electrons. The lowest BCUT2D eigenvalue weighted by Gasteiger charge is -1.97. The SMILES string of the molecule is Nc1ccc(N=Nc2ccccc2)c([N+](=O)[O-])c1. The van der Waals surface area contributed by atoms with Gasteiger partial charge in [-0.15, -0.1) is 5.11 Å². The first-order valence-electron chi connectivity index (χ1n) is 5.17. The molecule has 2 aromatic carbocycles. The van der Waals surface area contributed by atoms with Gasteiger partial charge in [-0.2, -0.15) is 5.11 Å². The van der Waals surface area contributed by atoms with Gasteiger partial charge in [-0.1, -0.05) is 18.2 Å². The largest absolute Gasteiger partial charge is 0.399 e. The number of nitrogens with two attached hydrogens (primary N) is 1. The van der Waals surface area contributed by atoms with E-state index in [4.69, 9.17) is 5.73 Å². The molecule has 0 fully saturated rings. The molecule has 0 spiro atoms. The number of anilines is 1. The minimum absolute atomic E-state index is 0.158. The quantitative estimate of drug-likeness (QED) is 0.385. The summed E-state index contributed by atoms with van der Waals surface area (Å²) >= 11 is 0. The summed E-state index contributed by atoms with van der Waals surface area (Å²) < 4.78 is 0. The van der Waals surface area contributed by atoms with Crippen LogP contribution < -0.4 is 5.73 Å². The summed E-state index contributed by atoms with van der Waals surface area (Å²) in [6, 6.07) is 13.3. The van der Waals surface area contributed by atoms with E-state index in [1.807, 2.05) is 18.2 Å². The van der Waals surface area contributed by atoms with Crippen LogP contribution in [0.15, 0.2) is 58.8 Å². The Bertz CT molecular complexity index is 596. The molecule has 90 valence electrons. The second-order valence-electron chi connectivity index (χ2n) is 3.54. The number of azo groups is 1. The number of nitrogen functional groups attached to an aromatic ring is 1. The number of benzene rings is 2. The lowest BCUT2D eigenvalue weighted by atomic mass is 10.2. The molecular formula is C12H10N4O2. The van der Waals surface area contributed by atoms with Crippen LogP contribution in [0, 0.1) is 10.1 Å². The van der Waals surface area contributed by atoms with Gasteiger partial charge in [-0.3, -0.25) is 10.1 Å². The summed E-state index contributed by atoms with van der Waals surface area (Å²) in [5.74, 6) is 0. The van der Waals surface area contributed by atoms with E-state index >= 15 is 0 Å². The Balaban J connectivity index is 2.35. The van der Waals surface area contributed by atoms with E-state index in [-0.39, 0.29) is 11.4 Å². The third-order valence-corrected chi connectivity index (χ3v) is 2.23. The number of nitro benzene ring substituents is 1. The standard InChI is InChI=1S/C12H10N4O2/c13-9-6-7-11(12(8-9)16(17)18)15-14-10-4-2-1-3-5-10/h1-8H,13H2. The Labute approximate surface area is 103 Å². The zero-order valence-corrected chi connectivity index (χ0v) is 9.35. The van der Waals surface area contributed by atoms with E-state index in [1.54, 1.807) is 18.2 Å². The van der Waals surface area contributed by atoms with Crippen molar-refractivity contribution in [2.45, 2.75) is 0 Å². The van der Waals surface area contributed by atoms with Gasteiger partial charge in [0.25, 0.3) is 5.69 Å². The fourth-order valence-corrected chi connectivity index (χ4v) is 1.38. The highest BCUT2D eigenvalue weighted by molar-refractivity contribution is 5.63. The second-order valence-corrected chi connectivity index (χ2v) is 3.54. The minimum Gasteiger partial charge on any atom is -0.399 e. The number of rotatable bonds is 3. The molecule has 0 saturated carbocycles. The molecule has 0 saturated heterocycles. The Kier molecular flexibility index (Phi) is 3.29. The van der Waals surface area contributed by atoms with Gasteiger partial charge in [0, 0.05) is 11.8 Å². The second kappa shape index (κ2) is 5.05. The minimum atomic E-state index is -0.532. The van der Waals surface area contributed by atoms with Gasteiger partial charge in [0.05, 0.1) is 10.6 Å². The first-order valence-corrected chi connectivity index (χ1v) is 5.17. The van der Waals surface area contributed by atoms with Crippen molar-refractivity contribution < 1.29 is 4.92 Å². The van der Waals surface area contributed by atoms with Crippen molar-refractivity contribution in [3.05, 3.63) is 58.6 Å². The molecule has 2 aromatic rings. The predicted octanol–water partition coefficient (Wildman–Crippen LogP) is 3.59. The van der Waals surface area contributed by atoms with Crippen molar-refractivity contribution in [2.24, 2.45) is 10.2 Å². The lowest BCUT2D eigenvalue weighted by molar-refractivity contribution is -0.384. The zero-order valence-electron chi connectivity index (χ0n) is 9.35. The first kappa shape index (κ1) is 11.7. The average Bonchev–Trinajstić information content (AvgIpc) is 2.38. The van der Waals surface area contributed by atoms with Crippen LogP contribution in [-0.2, 0) is 0 Å². The smallest absolute Gasteiger partial charge is 0.298 e. The van der Waals surface area contributed by atoms with Gasteiger partial charge in [-0.25, -0.2) is 0 Å². The van der Waals surface area contributed by atoms with Crippen molar-refractivity contribution in [3.63, 3.8) is 0 Å². The molecular weight excluding hydrogens is 232 g/mol. The molecule has 0 bridgehead atoms. The number of nitro groups is 1. The van der Waals surface area contributed by atoms with Crippen molar-refractivity contribution in [2.75, 3.05) is 5.73 Å². The highest BCUT2D eigenvalue weighted by Gasteiger charge is 2.13. The highest BCUT2D eigenvalue weighted by atomic mass is 16.6. The van der Waals surface area contributed by atoms with E-state index in [2.05, 4.69) is 10.2 Å². The Morgan fingerprint density at radius 1 is 1.06 bits per heavy atom. The molecule has 0 aromatic heterocycles. The molecule has 0 amide bonds. The summed E-state index contributed by atoms with van der Waals surface area (Å²) in [7, 11) is 0. The average molecular weight is 242 g/mol. The van der Waals surface area contributed by atoms with Crippen LogP contribution in [0.2, 0.25) is 0 Å². The maximum Gasteiger partial charge on any atom is 0.298 e. The van der Waals surface area contributed by atoms with Gasteiger partial charge >= 0.3 is 0 Å². The molecule has 2 N–H and O–H groups in total. The van der Waals surface area contributed by atoms with Crippen LogP contribution in [-0.4, -0.2) is 4.92 Å². The molecule has 6 heteroatoms. The zero-order chi connectivity index (χ0) is 13.0. The summed E-state index contributed by atoms with van der Waals surface area (Å²) in [6.07, 6.45) is 0. The summed E-state index contributed by atoms with van der Waals surface area (Å²) in [4.78, 5) is 10.3. The Morgan fingerprint density at radius 2 is 1.78 bits per heavy atom. The van der Waals surface area contributed by atoms with Crippen molar-refractivity contribution in [3.8, 4) is 0 Å². The molecule has 18 heavy (non-hydrogen) atoms. The third-order valence-electron chi connectivity index (χ3n) is 2.23. The fourth-order valence-electron chi connectivity index (χ4n) is 1.38. The van der Waals surface area contributed by atoms with E-state index in [1.165, 1.54) is 12.1 Å². The number of hydrogen-bond acceptors (Lipinski definition) is 5. The first-order chi connectivity index (χ1) is 8.66. The molecule has 0 unspecified atom stereocenters. The predicted molar refractivity (Wildman–Crippen MR) is 68.1 cm³/mol. The van der Waals surface area contributed by atoms with E-state index in [0.717, 1.165) is 0 Å². The molecule has 0 aliphatic heterocycles. The third kappa shape index (κ3) is 2.67. The Morgan fingerprint density at radius 3 is 2.44 bits per heavy atom. The van der Waals surface area contributed by atoms with Crippen molar-refractivity contribution in [1.29, 1.82) is 0 Å². The monoisotopic (exact) mass is 242 g/mol. The Hall–Kier alpha value is -2.76. The fraction of sp³-hybridized carbons (Fsp3) is 0. The van der Waals surface area contributed by atoms with E-state index in [9.17, 15) is 10.1 Å². The van der Waals surface area contributed by atoms with Crippen molar-refractivity contribution in [1.82, 2.24) is 0 Å². The van der Waals surface area contributed by atoms with Crippen LogP contribution in [0.5, 0.6) is 0 Å². The number of nitrogens with zero attached hydrogens (tertiary/aromatic N) is 3. The van der Waals surface area contributed by atoms with Crippen LogP contribution in [0.25, 0.3) is 0 Å². The van der Waals surface area contributed by atoms with Crippen LogP contribution in [0.3, 0.4) is 0 Å². The molecule has 0 heterocycles. The molecule has 0 aliphatic rings. The van der Waals surface area contributed by atoms with Crippen LogP contribution in [0.1, 0.15) is 0 Å². The maximum atomic E-state index is 10.8. The lowest BCUT2D eigenvalue weighted by Crippen LogP contribution is -1.91. The highest BCUT2D eigenvalue weighted by Crippen LogP contribution is 2.30. The maximum absolute atomic E-state index is 10.8. The summed E-state index contributed by atoms with van der Waals surface area (Å²) in [6.45, 7) is 0. The number of hydrogen-bond donors (Lipinski definition) is 1. The van der Waals surface area contributed by atoms with Crippen LogP contribution >= 0.6 is 0 Å². The summed E-state index contributed by atoms with van der Waals surface area (Å²) in [5.41, 5.74) is 6.47. The van der Waals surface area contributed by atoms with Gasteiger partial charge in [-0.05, 0) is 24.3 Å². The molecule has 0 aliphatic carbocycles. The van der Waals surface area contributed by atoms with Crippen LogP contribution in [0.4, 0.5) is 22.7 Å². The van der Waals surface area contributed by atoms with Gasteiger partial charge < -0.3 is 5.73 Å². The van der Waals surface area contributed by atoms with Gasteiger partial charge in [0.1, 0.15) is 0 Å².